The summed E-state index contributed by atoms with van der Waals surface area (Å²) in [5.74, 6) is 0. The number of hydrogen-bond donors (Lipinski definition) is 1. The molecule has 2 aromatic rings. The number of hydrogen-bond acceptors (Lipinski definition) is 2. The van der Waals surface area contributed by atoms with Crippen molar-refractivity contribution < 1.29 is 0 Å². The van der Waals surface area contributed by atoms with Crippen LogP contribution >= 0.6 is 11.3 Å². The van der Waals surface area contributed by atoms with Crippen molar-refractivity contribution in [2.75, 3.05) is 0 Å². The summed E-state index contributed by atoms with van der Waals surface area (Å²) in [6.45, 7) is 5.57. The van der Waals surface area contributed by atoms with Gasteiger partial charge in [0.15, 0.2) is 0 Å². The molecule has 0 spiro atoms. The minimum atomic E-state index is 0.0454. The maximum absolute atomic E-state index is 3.74. The van der Waals surface area contributed by atoms with Gasteiger partial charge in [-0.3, -0.25) is 0 Å². The molecule has 1 N–H and O–H groups in total. The monoisotopic (exact) mass is 272 g/mol. The van der Waals surface area contributed by atoms with Crippen molar-refractivity contribution in [2.45, 2.75) is 51.6 Å². The second kappa shape index (κ2) is 3.97. The molecule has 0 saturated carbocycles. The van der Waals surface area contributed by atoms with E-state index < -0.39 is 0 Å². The Bertz CT molecular complexity index is 633. The second-order valence-electron chi connectivity index (χ2n) is 6.24. The molecule has 2 nitrogen and oxygen atoms in total. The van der Waals surface area contributed by atoms with Crippen molar-refractivity contribution in [1.82, 2.24) is 9.88 Å². The van der Waals surface area contributed by atoms with E-state index >= 15 is 0 Å². The van der Waals surface area contributed by atoms with Crippen LogP contribution in [0.15, 0.2) is 18.3 Å². The average molecular weight is 272 g/mol. The fourth-order valence-electron chi connectivity index (χ4n) is 3.46. The van der Waals surface area contributed by atoms with Crippen LogP contribution < -0.4 is 5.32 Å². The van der Waals surface area contributed by atoms with Crippen LogP contribution in [0.2, 0.25) is 0 Å². The first-order valence-corrected chi connectivity index (χ1v) is 8.05. The fraction of sp³-hybridized carbons (Fsp3) is 0.500. The highest BCUT2D eigenvalue weighted by atomic mass is 32.1. The number of fused-ring (bicyclic) bond motifs is 5. The van der Waals surface area contributed by atoms with Gasteiger partial charge in [0, 0.05) is 28.9 Å². The predicted octanol–water partition coefficient (Wildman–Crippen LogP) is 3.76. The Morgan fingerprint density at radius 3 is 2.95 bits per heavy atom. The summed E-state index contributed by atoms with van der Waals surface area (Å²) in [5, 5.41) is 5.20. The molecule has 4 rings (SSSR count). The standard InChI is InChI=1S/C16H20N2S/c1-16(2)14-8-5-9-18(14)15-12(10-17-16)11-6-3-4-7-13(11)19-15/h5,8-9,17H,3-4,6-7,10H2,1-2H3. The van der Waals surface area contributed by atoms with Crippen LogP contribution in [-0.2, 0) is 24.9 Å². The van der Waals surface area contributed by atoms with Gasteiger partial charge in [0.2, 0.25) is 0 Å². The highest BCUT2D eigenvalue weighted by Crippen LogP contribution is 2.40. The van der Waals surface area contributed by atoms with Gasteiger partial charge < -0.3 is 9.88 Å². The quantitative estimate of drug-likeness (QED) is 0.773. The highest BCUT2D eigenvalue weighted by molar-refractivity contribution is 7.15. The first-order valence-electron chi connectivity index (χ1n) is 7.23. The number of thiophene rings is 1. The summed E-state index contributed by atoms with van der Waals surface area (Å²) in [6, 6.07) is 4.42. The van der Waals surface area contributed by atoms with Gasteiger partial charge in [0.25, 0.3) is 0 Å². The van der Waals surface area contributed by atoms with Crippen molar-refractivity contribution in [1.29, 1.82) is 0 Å². The molecular weight excluding hydrogens is 252 g/mol. The predicted molar refractivity (Wildman–Crippen MR) is 80.2 cm³/mol. The van der Waals surface area contributed by atoms with Crippen LogP contribution in [0.3, 0.4) is 0 Å². The highest BCUT2D eigenvalue weighted by Gasteiger charge is 2.31. The molecule has 19 heavy (non-hydrogen) atoms. The normalized spacial score (nSPS) is 20.3. The molecule has 0 atom stereocenters. The van der Waals surface area contributed by atoms with E-state index in [1.54, 1.807) is 16.0 Å². The smallest absolute Gasteiger partial charge is 0.104 e. The van der Waals surface area contributed by atoms with Gasteiger partial charge in [0.05, 0.1) is 5.54 Å². The van der Waals surface area contributed by atoms with Crippen molar-refractivity contribution in [2.24, 2.45) is 0 Å². The summed E-state index contributed by atoms with van der Waals surface area (Å²) in [4.78, 5) is 1.64. The summed E-state index contributed by atoms with van der Waals surface area (Å²) in [7, 11) is 0. The zero-order valence-electron chi connectivity index (χ0n) is 11.6. The van der Waals surface area contributed by atoms with Gasteiger partial charge in [0.1, 0.15) is 5.00 Å². The van der Waals surface area contributed by atoms with E-state index in [0.717, 1.165) is 6.54 Å². The molecule has 3 heteroatoms. The third-order valence-corrected chi connectivity index (χ3v) is 5.91. The first-order chi connectivity index (χ1) is 9.17. The van der Waals surface area contributed by atoms with Crippen LogP contribution in [0.4, 0.5) is 0 Å². The van der Waals surface area contributed by atoms with Gasteiger partial charge >= 0.3 is 0 Å². The third kappa shape index (κ3) is 1.65. The molecule has 3 heterocycles. The zero-order valence-corrected chi connectivity index (χ0v) is 12.4. The first kappa shape index (κ1) is 11.7. The summed E-state index contributed by atoms with van der Waals surface area (Å²) in [5.41, 5.74) is 4.63. The Kier molecular flexibility index (Phi) is 2.45. The Balaban J connectivity index is 1.96. The second-order valence-corrected chi connectivity index (χ2v) is 7.32. The van der Waals surface area contributed by atoms with Crippen LogP contribution in [0.25, 0.3) is 5.00 Å². The van der Waals surface area contributed by atoms with Gasteiger partial charge in [-0.25, -0.2) is 0 Å². The lowest BCUT2D eigenvalue weighted by atomic mass is 9.95. The molecule has 0 radical (unpaired) electrons. The van der Waals surface area contributed by atoms with Gasteiger partial charge in [-0.05, 0) is 57.2 Å². The van der Waals surface area contributed by atoms with E-state index in [1.807, 2.05) is 11.3 Å². The maximum Gasteiger partial charge on any atom is 0.104 e. The van der Waals surface area contributed by atoms with Crippen molar-refractivity contribution in [3.63, 3.8) is 0 Å². The van der Waals surface area contributed by atoms with Crippen molar-refractivity contribution in [3.8, 4) is 5.00 Å². The number of nitrogens with one attached hydrogen (secondary N) is 1. The van der Waals surface area contributed by atoms with Crippen molar-refractivity contribution in [3.05, 3.63) is 40.0 Å². The minimum Gasteiger partial charge on any atom is -0.310 e. The Morgan fingerprint density at radius 2 is 2.05 bits per heavy atom. The molecular formula is C16H20N2S. The van der Waals surface area contributed by atoms with Crippen molar-refractivity contribution >= 4 is 11.3 Å². The van der Waals surface area contributed by atoms with Crippen LogP contribution in [0.5, 0.6) is 0 Å². The zero-order chi connectivity index (χ0) is 13.0. The van der Waals surface area contributed by atoms with Gasteiger partial charge in [-0.1, -0.05) is 0 Å². The largest absolute Gasteiger partial charge is 0.310 e. The molecule has 1 aliphatic carbocycles. The van der Waals surface area contributed by atoms with Crippen LogP contribution in [-0.4, -0.2) is 4.57 Å². The van der Waals surface area contributed by atoms with E-state index in [9.17, 15) is 0 Å². The molecule has 2 aliphatic rings. The van der Waals surface area contributed by atoms with Gasteiger partial charge in [-0.15, -0.1) is 11.3 Å². The average Bonchev–Trinajstić information content (AvgIpc) is 2.99. The molecule has 100 valence electrons. The lowest BCUT2D eigenvalue weighted by molar-refractivity contribution is 0.393. The molecule has 0 amide bonds. The van der Waals surface area contributed by atoms with E-state index in [0.29, 0.717) is 0 Å². The van der Waals surface area contributed by atoms with E-state index in [-0.39, 0.29) is 5.54 Å². The summed E-state index contributed by atoms with van der Waals surface area (Å²) >= 11 is 2.02. The molecule has 0 fully saturated rings. The van der Waals surface area contributed by atoms with E-state index in [1.165, 1.54) is 36.4 Å². The summed E-state index contributed by atoms with van der Waals surface area (Å²) < 4.78 is 2.42. The Labute approximate surface area is 118 Å². The number of nitrogens with zero attached hydrogens (tertiary/aromatic N) is 1. The van der Waals surface area contributed by atoms with E-state index in [2.05, 4.69) is 42.1 Å². The molecule has 0 aromatic carbocycles. The molecule has 0 unspecified atom stereocenters. The van der Waals surface area contributed by atoms with E-state index in [4.69, 9.17) is 0 Å². The molecule has 0 bridgehead atoms. The molecule has 0 saturated heterocycles. The molecule has 1 aliphatic heterocycles. The Morgan fingerprint density at radius 1 is 1.21 bits per heavy atom. The molecule has 2 aromatic heterocycles. The lowest BCUT2D eigenvalue weighted by Crippen LogP contribution is -2.35. The fourth-order valence-corrected chi connectivity index (χ4v) is 4.87. The lowest BCUT2D eigenvalue weighted by Gasteiger charge is -2.25. The minimum absolute atomic E-state index is 0.0454. The number of aryl methyl sites for hydroxylation is 1. The maximum atomic E-state index is 3.74. The van der Waals surface area contributed by atoms with Crippen LogP contribution in [0, 0.1) is 0 Å². The Hall–Kier alpha value is -1.06. The van der Waals surface area contributed by atoms with Gasteiger partial charge in [-0.2, -0.15) is 0 Å². The third-order valence-electron chi connectivity index (χ3n) is 4.57. The number of rotatable bonds is 0. The SMILES string of the molecule is CC1(C)NCc2c(sc3c2CCCC3)-n2cccc21. The topological polar surface area (TPSA) is 17.0 Å². The van der Waals surface area contributed by atoms with Crippen LogP contribution in [0.1, 0.15) is 48.4 Å². The number of aromatic nitrogens is 1. The summed E-state index contributed by atoms with van der Waals surface area (Å²) in [6.07, 6.45) is 7.51.